The number of rotatable bonds is 4. The van der Waals surface area contributed by atoms with Crippen molar-refractivity contribution in [3.8, 4) is 41.3 Å². The zero-order valence-electron chi connectivity index (χ0n) is 34.6. The number of oxazole rings is 2. The highest BCUT2D eigenvalue weighted by Crippen LogP contribution is 2.43. The molecule has 0 saturated heterocycles. The van der Waals surface area contributed by atoms with Crippen LogP contribution in [0.25, 0.3) is 125 Å². The van der Waals surface area contributed by atoms with Crippen LogP contribution in [0.15, 0.2) is 131 Å². The first-order valence-electron chi connectivity index (χ1n) is 20.6. The van der Waals surface area contributed by atoms with Gasteiger partial charge in [0, 0.05) is 40.9 Å². The highest BCUT2D eigenvalue weighted by Gasteiger charge is 2.16. The van der Waals surface area contributed by atoms with Crippen LogP contribution in [0.3, 0.4) is 0 Å². The van der Waals surface area contributed by atoms with Gasteiger partial charge in [-0.3, -0.25) is 0 Å². The van der Waals surface area contributed by atoms with E-state index < -0.39 is 0 Å². The molecular formula is C52H32N4O2S6. The molecule has 0 fully saturated rings. The second kappa shape index (κ2) is 14.7. The summed E-state index contributed by atoms with van der Waals surface area (Å²) in [5.74, 6) is 3.03. The van der Waals surface area contributed by atoms with Gasteiger partial charge < -0.3 is 8.83 Å². The summed E-state index contributed by atoms with van der Waals surface area (Å²) in [7, 11) is 0. The third-order valence-electron chi connectivity index (χ3n) is 11.5. The standard InChI is InChI=1S/C26H16N2O2S2.C26H16N2S4/c2*1-13-11-27-25(29-13)23-7-17-5-15-3-4-16-6-18-8-24(26-28-12-14(2)30-26)32-22(18)10-20(16)19(15)9-21(17)31-23/h2*3-12H,1-2H3. The molecular weight excluding hydrogens is 905 g/mol. The topological polar surface area (TPSA) is 77.8 Å². The third-order valence-corrected chi connectivity index (χ3v) is 18.1. The summed E-state index contributed by atoms with van der Waals surface area (Å²) in [6.45, 7) is 8.07. The number of thiophene rings is 4. The van der Waals surface area contributed by atoms with Gasteiger partial charge in [-0.25, -0.2) is 19.9 Å². The molecule has 308 valence electrons. The van der Waals surface area contributed by atoms with E-state index in [2.05, 4.69) is 131 Å². The Morgan fingerprint density at radius 3 is 0.953 bits per heavy atom. The molecule has 0 N–H and O–H groups in total. The molecule has 8 aromatic heterocycles. The SMILES string of the molecule is Cc1cnc(-c2cc3cc4ccc5cc6cc(-c7ncc(C)o7)sc6cc5c4cc3s2)o1.Cc1cnc(-c2cc3cc4ccc5cc6cc(-c7ncc(C)s7)sc6cc5c4cc3s2)s1. The van der Waals surface area contributed by atoms with Crippen molar-refractivity contribution in [2.75, 3.05) is 0 Å². The summed E-state index contributed by atoms with van der Waals surface area (Å²) in [5, 5.41) is 17.4. The smallest absolute Gasteiger partial charge is 0.236 e. The Labute approximate surface area is 389 Å². The van der Waals surface area contributed by atoms with E-state index in [1.807, 2.05) is 48.9 Å². The van der Waals surface area contributed by atoms with Crippen LogP contribution < -0.4 is 0 Å². The maximum atomic E-state index is 5.74. The van der Waals surface area contributed by atoms with E-state index in [4.69, 9.17) is 8.83 Å². The molecule has 0 amide bonds. The van der Waals surface area contributed by atoms with Gasteiger partial charge in [-0.05, 0) is 165 Å². The molecule has 0 saturated carbocycles. The molecule has 0 unspecified atom stereocenters. The number of aryl methyl sites for hydroxylation is 4. The van der Waals surface area contributed by atoms with Crippen LogP contribution >= 0.6 is 68.0 Å². The molecule has 0 bridgehead atoms. The average molecular weight is 937 g/mol. The van der Waals surface area contributed by atoms with Crippen LogP contribution in [0, 0.1) is 27.7 Å². The Kier molecular flexibility index (Phi) is 8.81. The zero-order chi connectivity index (χ0) is 42.8. The van der Waals surface area contributed by atoms with Crippen LogP contribution in [0.2, 0.25) is 0 Å². The fourth-order valence-corrected chi connectivity index (χ4v) is 14.4. The van der Waals surface area contributed by atoms with Gasteiger partial charge in [0.1, 0.15) is 21.5 Å². The second-order valence-electron chi connectivity index (χ2n) is 16.1. The Hall–Kier alpha value is -6.12. The summed E-state index contributed by atoms with van der Waals surface area (Å²) in [6.07, 6.45) is 7.46. The number of hydrogen-bond acceptors (Lipinski definition) is 12. The molecule has 6 aromatic carbocycles. The van der Waals surface area contributed by atoms with E-state index in [0.29, 0.717) is 11.8 Å². The Morgan fingerprint density at radius 2 is 0.656 bits per heavy atom. The van der Waals surface area contributed by atoms with Gasteiger partial charge in [-0.1, -0.05) is 24.3 Å². The molecule has 14 aromatic rings. The minimum absolute atomic E-state index is 0.687. The van der Waals surface area contributed by atoms with Crippen LogP contribution in [-0.2, 0) is 0 Å². The van der Waals surface area contributed by atoms with Gasteiger partial charge in [-0.2, -0.15) is 0 Å². The van der Waals surface area contributed by atoms with E-state index in [1.54, 1.807) is 57.7 Å². The molecule has 0 aliphatic rings. The summed E-state index contributed by atoms with van der Waals surface area (Å²) in [4.78, 5) is 25.1. The fraction of sp³-hybridized carbons (Fsp3) is 0.0769. The van der Waals surface area contributed by atoms with E-state index in [1.165, 1.54) is 103 Å². The summed E-state index contributed by atoms with van der Waals surface area (Å²) in [5.41, 5.74) is 0. The number of aromatic nitrogens is 4. The maximum absolute atomic E-state index is 5.74. The molecule has 14 rings (SSSR count). The maximum Gasteiger partial charge on any atom is 0.236 e. The van der Waals surface area contributed by atoms with E-state index in [9.17, 15) is 0 Å². The van der Waals surface area contributed by atoms with Crippen molar-refractivity contribution < 1.29 is 8.83 Å². The van der Waals surface area contributed by atoms with Crippen LogP contribution in [-0.4, -0.2) is 19.9 Å². The Balaban J connectivity index is 0.000000129. The van der Waals surface area contributed by atoms with Gasteiger partial charge in [-0.15, -0.1) is 68.0 Å². The Bertz CT molecular complexity index is 3630. The molecule has 6 nitrogen and oxygen atoms in total. The van der Waals surface area contributed by atoms with Gasteiger partial charge in [0.25, 0.3) is 0 Å². The first-order chi connectivity index (χ1) is 31.2. The number of benzene rings is 6. The van der Waals surface area contributed by atoms with Crippen molar-refractivity contribution in [2.24, 2.45) is 0 Å². The minimum Gasteiger partial charge on any atom is -0.441 e. The molecule has 0 radical (unpaired) electrons. The highest BCUT2D eigenvalue weighted by atomic mass is 32.1. The van der Waals surface area contributed by atoms with Crippen molar-refractivity contribution in [1.29, 1.82) is 0 Å². The average Bonchev–Trinajstić information content (AvgIpc) is 4.14. The van der Waals surface area contributed by atoms with Crippen molar-refractivity contribution in [3.05, 3.63) is 143 Å². The van der Waals surface area contributed by atoms with E-state index >= 15 is 0 Å². The lowest BCUT2D eigenvalue weighted by Crippen LogP contribution is -1.78. The van der Waals surface area contributed by atoms with Gasteiger partial charge in [0.15, 0.2) is 0 Å². The summed E-state index contributed by atoms with van der Waals surface area (Å²) < 4.78 is 16.6. The normalized spacial score (nSPS) is 12.1. The molecule has 0 aliphatic carbocycles. The molecule has 12 heteroatoms. The third kappa shape index (κ3) is 6.58. The number of thiazole rings is 2. The van der Waals surface area contributed by atoms with Gasteiger partial charge in [0.05, 0.1) is 31.9 Å². The molecule has 0 atom stereocenters. The van der Waals surface area contributed by atoms with Crippen molar-refractivity contribution in [2.45, 2.75) is 27.7 Å². The quantitative estimate of drug-likeness (QED) is 0.164. The zero-order valence-corrected chi connectivity index (χ0v) is 39.5. The lowest BCUT2D eigenvalue weighted by molar-refractivity contribution is 0.543. The van der Waals surface area contributed by atoms with Crippen molar-refractivity contribution >= 4 is 151 Å². The predicted octanol–water partition coefficient (Wildman–Crippen LogP) is 17.6. The summed E-state index contributed by atoms with van der Waals surface area (Å²) in [6, 6.07) is 36.3. The van der Waals surface area contributed by atoms with Crippen LogP contribution in [0.5, 0.6) is 0 Å². The molecule has 0 aliphatic heterocycles. The van der Waals surface area contributed by atoms with Crippen LogP contribution in [0.4, 0.5) is 0 Å². The number of nitrogens with zero attached hydrogens (tertiary/aromatic N) is 4. The number of hydrogen-bond donors (Lipinski definition) is 0. The Morgan fingerprint density at radius 1 is 0.328 bits per heavy atom. The summed E-state index contributed by atoms with van der Waals surface area (Å²) >= 11 is 10.6. The first kappa shape index (κ1) is 38.3. The second-order valence-corrected chi connectivity index (χ2v) is 22.9. The molecule has 8 heterocycles. The van der Waals surface area contributed by atoms with Crippen molar-refractivity contribution in [3.63, 3.8) is 0 Å². The first-order valence-corrected chi connectivity index (χ1v) is 25.5. The van der Waals surface area contributed by atoms with E-state index in [0.717, 1.165) is 31.3 Å². The monoisotopic (exact) mass is 936 g/mol. The lowest BCUT2D eigenvalue weighted by Gasteiger charge is -2.05. The van der Waals surface area contributed by atoms with Gasteiger partial charge in [0.2, 0.25) is 11.8 Å². The molecule has 0 spiro atoms. The fourth-order valence-electron chi connectivity index (χ4n) is 8.56. The minimum atomic E-state index is 0.687. The number of fused-ring (bicyclic) bond motifs is 10. The van der Waals surface area contributed by atoms with Gasteiger partial charge >= 0.3 is 0 Å². The van der Waals surface area contributed by atoms with E-state index in [-0.39, 0.29) is 0 Å². The molecule has 64 heavy (non-hydrogen) atoms. The van der Waals surface area contributed by atoms with Crippen LogP contribution in [0.1, 0.15) is 21.3 Å². The predicted molar refractivity (Wildman–Crippen MR) is 277 cm³/mol. The largest absolute Gasteiger partial charge is 0.441 e. The van der Waals surface area contributed by atoms with Crippen molar-refractivity contribution in [1.82, 2.24) is 19.9 Å². The highest BCUT2D eigenvalue weighted by molar-refractivity contribution is 7.26. The lowest BCUT2D eigenvalue weighted by atomic mass is 10.00.